The Kier molecular flexibility index (Phi) is 2.43. The van der Waals surface area contributed by atoms with Crippen molar-refractivity contribution in [1.82, 2.24) is 10.2 Å². The van der Waals surface area contributed by atoms with Crippen molar-refractivity contribution >= 4 is 17.6 Å². The highest BCUT2D eigenvalue weighted by molar-refractivity contribution is 7.79. The molecule has 82 valence electrons. The number of hydrogen-bond donors (Lipinski definition) is 1. The fraction of sp³-hybridized carbons (Fsp3) is 0.750. The van der Waals surface area contributed by atoms with Gasteiger partial charge >= 0.3 is 0 Å². The number of rotatable bonds is 1. The van der Waals surface area contributed by atoms with Crippen LogP contribution in [-0.2, 0) is 0 Å². The lowest BCUT2D eigenvalue weighted by atomic mass is 9.82. The van der Waals surface area contributed by atoms with Gasteiger partial charge in [0.1, 0.15) is 5.82 Å². The number of nitrogens with one attached hydrogen (secondary N) is 1. The van der Waals surface area contributed by atoms with Crippen LogP contribution in [0.5, 0.6) is 0 Å². The van der Waals surface area contributed by atoms with Gasteiger partial charge in [0, 0.05) is 36.0 Å². The highest BCUT2D eigenvalue weighted by Gasteiger charge is 2.41. The molecule has 0 aromatic rings. The minimum absolute atomic E-state index is 0.733. The highest BCUT2D eigenvalue weighted by Crippen LogP contribution is 2.41. The van der Waals surface area contributed by atoms with Crippen molar-refractivity contribution < 1.29 is 0 Å². The zero-order chi connectivity index (χ0) is 10.3. The Labute approximate surface area is 96.7 Å². The van der Waals surface area contributed by atoms with Crippen molar-refractivity contribution in [2.24, 2.45) is 5.92 Å². The van der Waals surface area contributed by atoms with E-state index in [4.69, 9.17) is 12.2 Å². The molecule has 1 N–H and O–H groups in total. The molecule has 1 saturated carbocycles. The van der Waals surface area contributed by atoms with Gasteiger partial charge in [-0.2, -0.15) is 0 Å². The first kappa shape index (κ1) is 9.64. The summed E-state index contributed by atoms with van der Waals surface area (Å²) in [6.45, 7) is 2.36. The molecule has 3 heteroatoms. The third-order valence-corrected chi connectivity index (χ3v) is 4.34. The molecule has 0 unspecified atom stereocenters. The van der Waals surface area contributed by atoms with Crippen LogP contribution in [0.4, 0.5) is 0 Å². The Hall–Kier alpha value is -0.570. The van der Waals surface area contributed by atoms with Crippen molar-refractivity contribution in [1.29, 1.82) is 0 Å². The topological polar surface area (TPSA) is 15.3 Å². The zero-order valence-electron chi connectivity index (χ0n) is 9.04. The van der Waals surface area contributed by atoms with Gasteiger partial charge in [0.05, 0.1) is 0 Å². The maximum absolute atomic E-state index is 5.20. The fourth-order valence-corrected chi connectivity index (χ4v) is 3.72. The number of thiocarbonyl (C=S) groups is 1. The van der Waals surface area contributed by atoms with Crippen molar-refractivity contribution in [3.63, 3.8) is 0 Å². The predicted molar refractivity (Wildman–Crippen MR) is 65.8 cm³/mol. The summed E-state index contributed by atoms with van der Waals surface area (Å²) in [6.07, 6.45) is 6.76. The largest absolute Gasteiger partial charge is 0.371 e. The van der Waals surface area contributed by atoms with Crippen LogP contribution >= 0.6 is 12.2 Å². The quantitative estimate of drug-likeness (QED) is 0.684. The van der Waals surface area contributed by atoms with E-state index in [-0.39, 0.29) is 0 Å². The Balaban J connectivity index is 1.95. The molecule has 0 radical (unpaired) electrons. The third kappa shape index (κ3) is 1.40. The molecule has 2 aliphatic heterocycles. The molecule has 3 rings (SSSR count). The summed E-state index contributed by atoms with van der Waals surface area (Å²) in [4.78, 5) is 2.59. The zero-order valence-corrected chi connectivity index (χ0v) is 9.85. The monoisotopic (exact) mass is 222 g/mol. The molecular weight excluding hydrogens is 204 g/mol. The smallest absolute Gasteiger partial charge is 0.106 e. The molecule has 0 spiro atoms. The van der Waals surface area contributed by atoms with Gasteiger partial charge in [0.2, 0.25) is 0 Å². The van der Waals surface area contributed by atoms with E-state index in [1.165, 1.54) is 50.0 Å². The van der Waals surface area contributed by atoms with E-state index in [1.807, 2.05) is 5.37 Å². The second kappa shape index (κ2) is 3.78. The first-order chi connectivity index (χ1) is 7.42. The van der Waals surface area contributed by atoms with Crippen LogP contribution in [0.3, 0.4) is 0 Å². The van der Waals surface area contributed by atoms with Gasteiger partial charge in [-0.05, 0) is 19.3 Å². The molecular formula is C12H18N2S. The highest BCUT2D eigenvalue weighted by atomic mass is 32.1. The first-order valence-electron chi connectivity index (χ1n) is 6.11. The van der Waals surface area contributed by atoms with Gasteiger partial charge in [-0.1, -0.05) is 25.1 Å². The average molecular weight is 222 g/mol. The van der Waals surface area contributed by atoms with Crippen LogP contribution in [0, 0.1) is 5.92 Å². The molecule has 0 aromatic heterocycles. The second-order valence-electron chi connectivity index (χ2n) is 4.85. The Morgan fingerprint density at radius 2 is 2.13 bits per heavy atom. The first-order valence-corrected chi connectivity index (χ1v) is 6.59. The van der Waals surface area contributed by atoms with E-state index in [1.54, 1.807) is 0 Å². The van der Waals surface area contributed by atoms with Gasteiger partial charge in [-0.15, -0.1) is 0 Å². The molecule has 2 heterocycles. The fourth-order valence-electron chi connectivity index (χ4n) is 3.44. The van der Waals surface area contributed by atoms with E-state index in [0.29, 0.717) is 0 Å². The van der Waals surface area contributed by atoms with E-state index in [0.717, 1.165) is 18.5 Å². The molecule has 3 aliphatic rings. The molecule has 2 fully saturated rings. The minimum Gasteiger partial charge on any atom is -0.371 e. The molecule has 0 bridgehead atoms. The SMILES string of the molecule is S=CC1=C2NCCCN2[C@H]2CCCC[C@@H]12. The maximum Gasteiger partial charge on any atom is 0.106 e. The maximum atomic E-state index is 5.20. The lowest BCUT2D eigenvalue weighted by Crippen LogP contribution is -2.43. The van der Waals surface area contributed by atoms with Crippen molar-refractivity contribution in [3.8, 4) is 0 Å². The molecule has 15 heavy (non-hydrogen) atoms. The van der Waals surface area contributed by atoms with Crippen LogP contribution in [0.15, 0.2) is 11.4 Å². The van der Waals surface area contributed by atoms with Crippen LogP contribution < -0.4 is 5.32 Å². The summed E-state index contributed by atoms with van der Waals surface area (Å²) < 4.78 is 0. The Morgan fingerprint density at radius 3 is 3.00 bits per heavy atom. The summed E-state index contributed by atoms with van der Waals surface area (Å²) in [7, 11) is 0. The Bertz CT molecular complexity index is 311. The second-order valence-corrected chi connectivity index (χ2v) is 5.09. The summed E-state index contributed by atoms with van der Waals surface area (Å²) in [5.74, 6) is 2.10. The van der Waals surface area contributed by atoms with Crippen molar-refractivity contribution in [2.45, 2.75) is 38.1 Å². The van der Waals surface area contributed by atoms with Crippen molar-refractivity contribution in [3.05, 3.63) is 11.4 Å². The third-order valence-electron chi connectivity index (χ3n) is 4.09. The molecule has 0 amide bonds. The number of hydrogen-bond acceptors (Lipinski definition) is 3. The van der Waals surface area contributed by atoms with E-state index in [2.05, 4.69) is 10.2 Å². The molecule has 2 nitrogen and oxygen atoms in total. The average Bonchev–Trinajstić information content (AvgIpc) is 2.63. The van der Waals surface area contributed by atoms with Gasteiger partial charge in [0.25, 0.3) is 0 Å². The molecule has 1 saturated heterocycles. The molecule has 0 aromatic carbocycles. The van der Waals surface area contributed by atoms with Crippen LogP contribution in [0.2, 0.25) is 0 Å². The predicted octanol–water partition coefficient (Wildman–Crippen LogP) is 2.07. The van der Waals surface area contributed by atoms with Crippen LogP contribution in [0.1, 0.15) is 32.1 Å². The van der Waals surface area contributed by atoms with Gasteiger partial charge in [-0.3, -0.25) is 0 Å². The van der Waals surface area contributed by atoms with Gasteiger partial charge < -0.3 is 10.2 Å². The normalized spacial score (nSPS) is 34.5. The van der Waals surface area contributed by atoms with E-state index < -0.39 is 0 Å². The Morgan fingerprint density at radius 1 is 1.27 bits per heavy atom. The molecule has 2 atom stereocenters. The van der Waals surface area contributed by atoms with Crippen LogP contribution in [-0.4, -0.2) is 29.4 Å². The summed E-state index contributed by atoms with van der Waals surface area (Å²) in [5, 5.41) is 5.47. The minimum atomic E-state index is 0.733. The molecule has 1 aliphatic carbocycles. The number of fused-ring (bicyclic) bond motifs is 3. The lowest BCUT2D eigenvalue weighted by molar-refractivity contribution is 0.167. The standard InChI is InChI=1S/C12H18N2S/c15-8-10-9-4-1-2-5-11(9)14-7-3-6-13-12(10)14/h8-9,11,13H,1-7H2/t9-,11-/m0/s1. The van der Waals surface area contributed by atoms with Crippen LogP contribution in [0.25, 0.3) is 0 Å². The summed E-state index contributed by atoms with van der Waals surface area (Å²) in [5.41, 5.74) is 1.43. The number of nitrogens with zero attached hydrogens (tertiary/aromatic N) is 1. The summed E-state index contributed by atoms with van der Waals surface area (Å²) in [6, 6.07) is 0.760. The summed E-state index contributed by atoms with van der Waals surface area (Å²) >= 11 is 5.20. The van der Waals surface area contributed by atoms with Gasteiger partial charge in [-0.25, -0.2) is 0 Å². The lowest BCUT2D eigenvalue weighted by Gasteiger charge is -2.37. The van der Waals surface area contributed by atoms with Gasteiger partial charge in [0.15, 0.2) is 0 Å². The van der Waals surface area contributed by atoms with E-state index in [9.17, 15) is 0 Å². The van der Waals surface area contributed by atoms with Crippen molar-refractivity contribution in [2.75, 3.05) is 13.1 Å². The van der Waals surface area contributed by atoms with E-state index >= 15 is 0 Å².